The first-order valence-corrected chi connectivity index (χ1v) is 14.9. The number of nitrogens with zero attached hydrogens (tertiary/aromatic N) is 2. The molecule has 0 saturated carbocycles. The van der Waals surface area contributed by atoms with Crippen molar-refractivity contribution in [1.29, 1.82) is 0 Å². The molecule has 42 heavy (non-hydrogen) atoms. The molecule has 0 atom stereocenters. The molecule has 3 heterocycles. The molecule has 4 nitrogen and oxygen atoms in total. The Hall–Kier alpha value is -4.70. The zero-order valence-electron chi connectivity index (χ0n) is 25.1. The zero-order valence-corrected chi connectivity index (χ0v) is 25.1. The van der Waals surface area contributed by atoms with Crippen LogP contribution in [-0.4, -0.2) is 9.97 Å². The third-order valence-electron chi connectivity index (χ3n) is 8.59. The molecule has 4 aromatic carbocycles. The van der Waals surface area contributed by atoms with Gasteiger partial charge in [-0.1, -0.05) is 76.2 Å². The van der Waals surface area contributed by atoms with E-state index in [1.54, 1.807) is 0 Å². The molecule has 0 amide bonds. The lowest BCUT2D eigenvalue weighted by atomic mass is 9.92. The van der Waals surface area contributed by atoms with E-state index in [0.29, 0.717) is 11.8 Å². The third-order valence-corrected chi connectivity index (χ3v) is 8.59. The van der Waals surface area contributed by atoms with Gasteiger partial charge in [0.05, 0.1) is 5.69 Å². The molecule has 208 valence electrons. The summed E-state index contributed by atoms with van der Waals surface area (Å²) in [4.78, 5) is 8.70. The molecule has 0 radical (unpaired) electrons. The SMILES string of the molecule is Cc1cnc(-c2cc(-c3[nH]c4ccccc4[n+]3-c3c(C(C)C)cccc3C(C)C)c3oc4ccccc4c3c2)cc1C. The van der Waals surface area contributed by atoms with E-state index in [-0.39, 0.29) is 0 Å². The second kappa shape index (κ2) is 9.99. The fourth-order valence-electron chi connectivity index (χ4n) is 6.20. The van der Waals surface area contributed by atoms with Crippen LogP contribution < -0.4 is 4.57 Å². The highest BCUT2D eigenvalue weighted by molar-refractivity contribution is 6.10. The Labute approximate surface area is 246 Å². The third kappa shape index (κ3) is 4.13. The molecule has 0 spiro atoms. The first kappa shape index (κ1) is 26.2. The predicted octanol–water partition coefficient (Wildman–Crippen LogP) is 9.94. The van der Waals surface area contributed by atoms with Crippen molar-refractivity contribution < 1.29 is 8.98 Å². The summed E-state index contributed by atoms with van der Waals surface area (Å²) >= 11 is 0. The molecule has 0 aliphatic heterocycles. The summed E-state index contributed by atoms with van der Waals surface area (Å²) in [6, 6.07) is 30.3. The lowest BCUT2D eigenvalue weighted by Gasteiger charge is -2.18. The molecule has 0 aliphatic rings. The average Bonchev–Trinajstić information content (AvgIpc) is 3.56. The van der Waals surface area contributed by atoms with Crippen LogP contribution in [0.2, 0.25) is 0 Å². The zero-order chi connectivity index (χ0) is 29.1. The van der Waals surface area contributed by atoms with Crippen molar-refractivity contribution in [1.82, 2.24) is 9.97 Å². The molecular weight excluding hydrogens is 514 g/mol. The number of aromatic nitrogens is 3. The van der Waals surface area contributed by atoms with Crippen LogP contribution in [-0.2, 0) is 0 Å². The molecule has 1 N–H and O–H groups in total. The summed E-state index contributed by atoms with van der Waals surface area (Å²) in [6.45, 7) is 13.4. The van der Waals surface area contributed by atoms with Crippen molar-refractivity contribution in [2.75, 3.05) is 0 Å². The highest BCUT2D eigenvalue weighted by atomic mass is 16.3. The van der Waals surface area contributed by atoms with Gasteiger partial charge in [-0.3, -0.25) is 4.98 Å². The summed E-state index contributed by atoms with van der Waals surface area (Å²) in [6.07, 6.45) is 1.97. The number of para-hydroxylation sites is 4. The maximum Gasteiger partial charge on any atom is 0.296 e. The average molecular weight is 551 g/mol. The molecule has 0 aliphatic carbocycles. The van der Waals surface area contributed by atoms with Crippen molar-refractivity contribution >= 4 is 33.0 Å². The number of aryl methyl sites for hydroxylation is 2. The number of fused-ring (bicyclic) bond motifs is 4. The number of H-pyrrole nitrogens is 1. The molecule has 7 aromatic rings. The number of nitrogens with one attached hydrogen (secondary N) is 1. The normalized spacial score (nSPS) is 12.0. The topological polar surface area (TPSA) is 45.7 Å². The van der Waals surface area contributed by atoms with Gasteiger partial charge < -0.3 is 4.42 Å². The monoisotopic (exact) mass is 550 g/mol. The highest BCUT2D eigenvalue weighted by Gasteiger charge is 2.30. The van der Waals surface area contributed by atoms with Crippen LogP contribution in [0.4, 0.5) is 0 Å². The lowest BCUT2D eigenvalue weighted by Crippen LogP contribution is -2.35. The van der Waals surface area contributed by atoms with Gasteiger partial charge in [0.2, 0.25) is 0 Å². The van der Waals surface area contributed by atoms with Crippen LogP contribution in [0.5, 0.6) is 0 Å². The van der Waals surface area contributed by atoms with Gasteiger partial charge in [0.1, 0.15) is 16.8 Å². The summed E-state index contributed by atoms with van der Waals surface area (Å²) in [5.74, 6) is 1.70. The van der Waals surface area contributed by atoms with Crippen LogP contribution >= 0.6 is 0 Å². The number of benzene rings is 4. The van der Waals surface area contributed by atoms with Gasteiger partial charge in [-0.05, 0) is 73.2 Å². The maximum absolute atomic E-state index is 6.66. The standard InChI is InChI=1S/C38H35N3O/c1-22(2)27-13-11-14-28(23(3)4)36(27)41-34-16-9-8-15-32(34)40-38(41)31-20-26(33-18-24(5)25(6)21-39-33)19-30-29-12-7-10-17-35(29)42-37(30)31/h7-23H,1-6H3/p+1. The minimum atomic E-state index is 0.352. The Morgan fingerprint density at radius 1 is 0.738 bits per heavy atom. The van der Waals surface area contributed by atoms with Crippen LogP contribution in [0.3, 0.4) is 0 Å². The van der Waals surface area contributed by atoms with E-state index in [4.69, 9.17) is 9.40 Å². The van der Waals surface area contributed by atoms with Gasteiger partial charge in [0.15, 0.2) is 16.6 Å². The number of hydrogen-bond acceptors (Lipinski definition) is 2. The number of imidazole rings is 1. The molecule has 3 aromatic heterocycles. The largest absolute Gasteiger partial charge is 0.455 e. The van der Waals surface area contributed by atoms with E-state index in [1.807, 2.05) is 12.3 Å². The van der Waals surface area contributed by atoms with Gasteiger partial charge in [0, 0.05) is 33.7 Å². The van der Waals surface area contributed by atoms with Crippen LogP contribution in [0, 0.1) is 13.8 Å². The van der Waals surface area contributed by atoms with Crippen molar-refractivity contribution in [3.8, 4) is 28.3 Å². The van der Waals surface area contributed by atoms with Gasteiger partial charge >= 0.3 is 0 Å². The lowest BCUT2D eigenvalue weighted by molar-refractivity contribution is -0.556. The Bertz CT molecular complexity index is 2100. The first-order chi connectivity index (χ1) is 20.3. The van der Waals surface area contributed by atoms with E-state index in [9.17, 15) is 0 Å². The Balaban J connectivity index is 1.64. The summed E-state index contributed by atoms with van der Waals surface area (Å²) in [7, 11) is 0. The molecule has 7 rings (SSSR count). The molecule has 4 heteroatoms. The number of aromatic amines is 1. The van der Waals surface area contributed by atoms with Crippen LogP contribution in [0.1, 0.15) is 61.8 Å². The van der Waals surface area contributed by atoms with E-state index < -0.39 is 0 Å². The van der Waals surface area contributed by atoms with Gasteiger partial charge in [-0.25, -0.2) is 4.98 Å². The molecule has 0 fully saturated rings. The van der Waals surface area contributed by atoms with Crippen molar-refractivity contribution in [3.63, 3.8) is 0 Å². The Morgan fingerprint density at radius 3 is 2.19 bits per heavy atom. The minimum Gasteiger partial charge on any atom is -0.455 e. The first-order valence-electron chi connectivity index (χ1n) is 14.9. The minimum absolute atomic E-state index is 0.352. The van der Waals surface area contributed by atoms with E-state index >= 15 is 0 Å². The summed E-state index contributed by atoms with van der Waals surface area (Å²) in [5, 5.41) is 2.19. The number of hydrogen-bond donors (Lipinski definition) is 1. The fourth-order valence-corrected chi connectivity index (χ4v) is 6.20. The van der Waals surface area contributed by atoms with Gasteiger partial charge in [0.25, 0.3) is 5.82 Å². The van der Waals surface area contributed by atoms with Crippen LogP contribution in [0.25, 0.3) is 61.3 Å². The quantitative estimate of drug-likeness (QED) is 0.217. The van der Waals surface area contributed by atoms with E-state index in [0.717, 1.165) is 55.6 Å². The second-order valence-electron chi connectivity index (χ2n) is 12.1. The smallest absolute Gasteiger partial charge is 0.296 e. The fraction of sp³-hybridized carbons (Fsp3) is 0.211. The predicted molar refractivity (Wildman–Crippen MR) is 173 cm³/mol. The van der Waals surface area contributed by atoms with E-state index in [2.05, 4.69) is 130 Å². The Kier molecular flexibility index (Phi) is 6.23. The maximum atomic E-state index is 6.66. The molecule has 0 saturated heterocycles. The van der Waals surface area contributed by atoms with Crippen molar-refractivity contribution in [2.45, 2.75) is 53.4 Å². The van der Waals surface area contributed by atoms with Crippen molar-refractivity contribution in [2.24, 2.45) is 0 Å². The van der Waals surface area contributed by atoms with Gasteiger partial charge in [-0.15, -0.1) is 0 Å². The van der Waals surface area contributed by atoms with E-state index in [1.165, 1.54) is 27.9 Å². The van der Waals surface area contributed by atoms with Crippen molar-refractivity contribution in [3.05, 3.63) is 113 Å². The number of furan rings is 1. The van der Waals surface area contributed by atoms with Gasteiger partial charge in [-0.2, -0.15) is 4.57 Å². The molecule has 0 unspecified atom stereocenters. The number of pyridine rings is 1. The highest BCUT2D eigenvalue weighted by Crippen LogP contribution is 2.40. The molecular formula is C38H36N3O+. The summed E-state index contributed by atoms with van der Waals surface area (Å²) in [5.41, 5.74) is 13.3. The second-order valence-corrected chi connectivity index (χ2v) is 12.1. The summed E-state index contributed by atoms with van der Waals surface area (Å²) < 4.78 is 9.09. The Morgan fingerprint density at radius 2 is 1.45 bits per heavy atom. The molecule has 0 bridgehead atoms. The van der Waals surface area contributed by atoms with Crippen LogP contribution in [0.15, 0.2) is 95.5 Å². The number of rotatable bonds is 5.